The lowest BCUT2D eigenvalue weighted by molar-refractivity contribution is -0.484. The first-order valence-electron chi connectivity index (χ1n) is 6.44. The highest BCUT2D eigenvalue weighted by atomic mass is 16.6. The predicted octanol–water partition coefficient (Wildman–Crippen LogP) is 2.44. The number of hydrogen-bond donors (Lipinski definition) is 1. The Morgan fingerprint density at radius 3 is 2.45 bits per heavy atom. The van der Waals surface area contributed by atoms with Gasteiger partial charge in [-0.15, -0.1) is 0 Å². The van der Waals surface area contributed by atoms with E-state index < -0.39 is 34.1 Å². The van der Waals surface area contributed by atoms with E-state index in [2.05, 4.69) is 5.32 Å². The molecule has 0 bridgehead atoms. The molecule has 0 unspecified atom stereocenters. The summed E-state index contributed by atoms with van der Waals surface area (Å²) in [7, 11) is 0. The number of nitro groups is 2. The second-order valence-electron chi connectivity index (χ2n) is 5.57. The monoisotopic (exact) mass is 311 g/mol. The van der Waals surface area contributed by atoms with Crippen LogP contribution in [0, 0.1) is 20.2 Å². The molecule has 9 nitrogen and oxygen atoms in total. The molecule has 1 aromatic rings. The van der Waals surface area contributed by atoms with Gasteiger partial charge in [0.05, 0.1) is 4.92 Å². The van der Waals surface area contributed by atoms with E-state index in [0.717, 1.165) is 0 Å². The summed E-state index contributed by atoms with van der Waals surface area (Å²) in [4.78, 5) is 32.0. The summed E-state index contributed by atoms with van der Waals surface area (Å²) in [5, 5.41) is 23.9. The minimum absolute atomic E-state index is 0.211. The molecule has 1 atom stereocenters. The standard InChI is InChI=1S/C13H17N3O6/c1-13(2,3)22-12(17)14-11(8-15(18)19)9-5-4-6-10(7-9)16(20)21/h4-7,11H,8H2,1-3H3,(H,14,17)/t11-/m0/s1. The molecule has 0 aliphatic carbocycles. The molecule has 0 saturated heterocycles. The zero-order valence-electron chi connectivity index (χ0n) is 12.4. The van der Waals surface area contributed by atoms with Crippen molar-refractivity contribution in [3.63, 3.8) is 0 Å². The Kier molecular flexibility index (Phi) is 5.39. The van der Waals surface area contributed by atoms with Crippen LogP contribution in [0.5, 0.6) is 0 Å². The molecule has 0 saturated carbocycles. The number of rotatable bonds is 5. The quantitative estimate of drug-likeness (QED) is 0.657. The van der Waals surface area contributed by atoms with Crippen LogP contribution in [0.25, 0.3) is 0 Å². The molecule has 0 aromatic heterocycles. The van der Waals surface area contributed by atoms with E-state index in [4.69, 9.17) is 4.74 Å². The van der Waals surface area contributed by atoms with E-state index in [1.165, 1.54) is 24.3 Å². The summed E-state index contributed by atoms with van der Waals surface area (Å²) in [6, 6.07) is 4.30. The summed E-state index contributed by atoms with van der Waals surface area (Å²) in [6.45, 7) is 4.35. The largest absolute Gasteiger partial charge is 0.444 e. The Morgan fingerprint density at radius 1 is 1.32 bits per heavy atom. The van der Waals surface area contributed by atoms with Crippen molar-refractivity contribution in [1.29, 1.82) is 0 Å². The fourth-order valence-electron chi connectivity index (χ4n) is 1.69. The number of nitro benzene ring substituents is 1. The lowest BCUT2D eigenvalue weighted by atomic mass is 10.1. The molecule has 0 heterocycles. The molecule has 1 amide bonds. The van der Waals surface area contributed by atoms with Crippen LogP contribution in [0.1, 0.15) is 32.4 Å². The number of hydrogen-bond acceptors (Lipinski definition) is 6. The lowest BCUT2D eigenvalue weighted by Crippen LogP contribution is -2.37. The van der Waals surface area contributed by atoms with Gasteiger partial charge in [0.1, 0.15) is 11.6 Å². The molecule has 0 spiro atoms. The van der Waals surface area contributed by atoms with Crippen LogP contribution >= 0.6 is 0 Å². The molecule has 0 aliphatic rings. The summed E-state index contributed by atoms with van der Waals surface area (Å²) in [5.74, 6) is 0. The van der Waals surface area contributed by atoms with Crippen LogP contribution in [0.2, 0.25) is 0 Å². The van der Waals surface area contributed by atoms with Crippen LogP contribution in [0.3, 0.4) is 0 Å². The summed E-state index contributed by atoms with van der Waals surface area (Å²) >= 11 is 0. The second-order valence-corrected chi connectivity index (χ2v) is 5.57. The minimum atomic E-state index is -1.02. The fourth-order valence-corrected chi connectivity index (χ4v) is 1.69. The van der Waals surface area contributed by atoms with Gasteiger partial charge in [-0.25, -0.2) is 4.79 Å². The van der Waals surface area contributed by atoms with Gasteiger partial charge in [0.15, 0.2) is 0 Å². The van der Waals surface area contributed by atoms with Crippen LogP contribution < -0.4 is 5.32 Å². The van der Waals surface area contributed by atoms with Gasteiger partial charge in [0, 0.05) is 17.1 Å². The molecular formula is C13H17N3O6. The van der Waals surface area contributed by atoms with Crippen molar-refractivity contribution in [3.8, 4) is 0 Å². The fraction of sp³-hybridized carbons (Fsp3) is 0.462. The van der Waals surface area contributed by atoms with Gasteiger partial charge < -0.3 is 10.1 Å². The molecule has 9 heteroatoms. The van der Waals surface area contributed by atoms with Crippen molar-refractivity contribution in [1.82, 2.24) is 5.32 Å². The van der Waals surface area contributed by atoms with Gasteiger partial charge in [-0.1, -0.05) is 12.1 Å². The lowest BCUT2D eigenvalue weighted by Gasteiger charge is -2.22. The summed E-state index contributed by atoms with van der Waals surface area (Å²) < 4.78 is 5.04. The van der Waals surface area contributed by atoms with E-state index in [0.29, 0.717) is 0 Å². The zero-order chi connectivity index (χ0) is 16.9. The van der Waals surface area contributed by atoms with Crippen LogP contribution in [-0.4, -0.2) is 28.1 Å². The maximum Gasteiger partial charge on any atom is 0.408 e. The molecule has 0 aliphatic heterocycles. The van der Waals surface area contributed by atoms with Crippen molar-refractivity contribution in [3.05, 3.63) is 50.1 Å². The summed E-state index contributed by atoms with van der Waals surface area (Å²) in [6.07, 6.45) is -0.828. The highest BCUT2D eigenvalue weighted by Gasteiger charge is 2.25. The van der Waals surface area contributed by atoms with Crippen LogP contribution in [-0.2, 0) is 4.74 Å². The highest BCUT2D eigenvalue weighted by molar-refractivity contribution is 5.68. The number of alkyl carbamates (subject to hydrolysis) is 1. The molecule has 120 valence electrons. The molecule has 1 aromatic carbocycles. The normalized spacial score (nSPS) is 12.3. The zero-order valence-corrected chi connectivity index (χ0v) is 12.4. The molecule has 0 fully saturated rings. The van der Waals surface area contributed by atoms with Gasteiger partial charge in [-0.3, -0.25) is 20.2 Å². The van der Waals surface area contributed by atoms with Crippen molar-refractivity contribution in [2.45, 2.75) is 32.4 Å². The number of ether oxygens (including phenoxy) is 1. The van der Waals surface area contributed by atoms with E-state index in [9.17, 15) is 25.0 Å². The van der Waals surface area contributed by atoms with Gasteiger partial charge in [0.25, 0.3) is 5.69 Å². The topological polar surface area (TPSA) is 125 Å². The van der Waals surface area contributed by atoms with Gasteiger partial charge in [-0.05, 0) is 26.3 Å². The van der Waals surface area contributed by atoms with E-state index >= 15 is 0 Å². The smallest absolute Gasteiger partial charge is 0.408 e. The number of nitrogens with one attached hydrogen (secondary N) is 1. The van der Waals surface area contributed by atoms with Crippen LogP contribution in [0.15, 0.2) is 24.3 Å². The Labute approximate surface area is 126 Å². The maximum absolute atomic E-state index is 11.8. The average molecular weight is 311 g/mol. The Bertz CT molecular complexity index is 581. The number of amides is 1. The Morgan fingerprint density at radius 2 is 1.95 bits per heavy atom. The van der Waals surface area contributed by atoms with Gasteiger partial charge in [0.2, 0.25) is 6.54 Å². The van der Waals surface area contributed by atoms with E-state index in [1.807, 2.05) is 0 Å². The minimum Gasteiger partial charge on any atom is -0.444 e. The third-order valence-corrected chi connectivity index (χ3v) is 2.51. The van der Waals surface area contributed by atoms with Crippen molar-refractivity contribution in [2.24, 2.45) is 0 Å². The van der Waals surface area contributed by atoms with E-state index in [-0.39, 0.29) is 11.3 Å². The third kappa shape index (κ3) is 5.73. The van der Waals surface area contributed by atoms with Gasteiger partial charge >= 0.3 is 6.09 Å². The number of non-ortho nitro benzene ring substituents is 1. The number of nitrogens with zero attached hydrogens (tertiary/aromatic N) is 2. The Hall–Kier alpha value is -2.71. The Balaban J connectivity index is 2.98. The second kappa shape index (κ2) is 6.83. The molecular weight excluding hydrogens is 294 g/mol. The van der Waals surface area contributed by atoms with Gasteiger partial charge in [-0.2, -0.15) is 0 Å². The number of carbonyl (C=O) groups excluding carboxylic acids is 1. The molecule has 22 heavy (non-hydrogen) atoms. The highest BCUT2D eigenvalue weighted by Crippen LogP contribution is 2.20. The van der Waals surface area contributed by atoms with E-state index in [1.54, 1.807) is 20.8 Å². The van der Waals surface area contributed by atoms with Crippen molar-refractivity contribution < 1.29 is 19.4 Å². The predicted molar refractivity (Wildman–Crippen MR) is 77.1 cm³/mol. The number of benzene rings is 1. The molecule has 1 N–H and O–H groups in total. The first-order chi connectivity index (χ1) is 10.1. The molecule has 0 radical (unpaired) electrons. The maximum atomic E-state index is 11.8. The average Bonchev–Trinajstić information content (AvgIpc) is 2.35. The molecule has 1 rings (SSSR count). The third-order valence-electron chi connectivity index (χ3n) is 2.51. The first-order valence-corrected chi connectivity index (χ1v) is 6.44. The van der Waals surface area contributed by atoms with Crippen molar-refractivity contribution in [2.75, 3.05) is 6.54 Å². The number of carbonyl (C=O) groups is 1. The van der Waals surface area contributed by atoms with Crippen molar-refractivity contribution >= 4 is 11.8 Å². The van der Waals surface area contributed by atoms with Crippen LogP contribution in [0.4, 0.5) is 10.5 Å². The first kappa shape index (κ1) is 17.3. The SMILES string of the molecule is CC(C)(C)OC(=O)N[C@@H](C[N+](=O)[O-])c1cccc([N+](=O)[O-])c1. The summed E-state index contributed by atoms with van der Waals surface area (Å²) in [5.41, 5.74) is -0.708.